The monoisotopic (exact) mass is 341 g/mol. The first-order valence-corrected chi connectivity index (χ1v) is 6.48. The molecule has 1 heterocycles. The summed E-state index contributed by atoms with van der Waals surface area (Å²) in [5, 5.41) is 12.2. The zero-order valence-electron chi connectivity index (χ0n) is 11.9. The second kappa shape index (κ2) is 6.94. The summed E-state index contributed by atoms with van der Waals surface area (Å²) in [6.45, 7) is -1.42. The van der Waals surface area contributed by atoms with Crippen molar-refractivity contribution in [3.8, 4) is 11.6 Å². The van der Waals surface area contributed by atoms with Gasteiger partial charge in [0, 0.05) is 17.7 Å². The summed E-state index contributed by atoms with van der Waals surface area (Å²) in [6, 6.07) is 7.80. The molecule has 2 rings (SSSR count). The van der Waals surface area contributed by atoms with Crippen molar-refractivity contribution in [3.05, 3.63) is 58.3 Å². The quantitative estimate of drug-likeness (QED) is 0.666. The Morgan fingerprint density at radius 1 is 1.21 bits per heavy atom. The van der Waals surface area contributed by atoms with Gasteiger partial charge >= 0.3 is 6.18 Å². The van der Waals surface area contributed by atoms with Gasteiger partial charge in [-0.25, -0.2) is 4.98 Å². The molecule has 0 atom stereocenters. The molecule has 1 N–H and O–H groups in total. The molecule has 1 amide bonds. The van der Waals surface area contributed by atoms with Crippen LogP contribution in [0, 0.1) is 10.1 Å². The summed E-state index contributed by atoms with van der Waals surface area (Å²) in [4.78, 5) is 25.2. The highest BCUT2D eigenvalue weighted by Crippen LogP contribution is 2.21. The number of nitro groups is 1. The van der Waals surface area contributed by atoms with Gasteiger partial charge in [-0.15, -0.1) is 0 Å². The van der Waals surface area contributed by atoms with Gasteiger partial charge in [0.25, 0.3) is 11.6 Å². The Kier molecular flexibility index (Phi) is 4.97. The number of rotatable bonds is 5. The van der Waals surface area contributed by atoms with Gasteiger partial charge in [0.2, 0.25) is 5.88 Å². The molecule has 126 valence electrons. The summed E-state index contributed by atoms with van der Waals surface area (Å²) >= 11 is 0. The molecule has 0 saturated carbocycles. The Bertz CT molecular complexity index is 730. The molecule has 0 aliphatic heterocycles. The van der Waals surface area contributed by atoms with Crippen molar-refractivity contribution < 1.29 is 27.6 Å². The predicted octanol–water partition coefficient (Wildman–Crippen LogP) is 3.07. The topological polar surface area (TPSA) is 94.4 Å². The number of nitrogens with zero attached hydrogens (tertiary/aromatic N) is 2. The number of carbonyl (C=O) groups excluding carboxylic acids is 1. The van der Waals surface area contributed by atoms with Crippen LogP contribution >= 0.6 is 0 Å². The number of aromatic nitrogens is 1. The van der Waals surface area contributed by atoms with E-state index in [0.29, 0.717) is 0 Å². The molecule has 0 aliphatic rings. The van der Waals surface area contributed by atoms with Gasteiger partial charge in [-0.1, -0.05) is 0 Å². The average molecular weight is 341 g/mol. The molecule has 2 aromatic rings. The smallest absolute Gasteiger partial charge is 0.405 e. The molecule has 1 aromatic heterocycles. The van der Waals surface area contributed by atoms with E-state index < -0.39 is 23.6 Å². The summed E-state index contributed by atoms with van der Waals surface area (Å²) in [7, 11) is 0. The molecule has 0 unspecified atom stereocenters. The number of alkyl halides is 3. The van der Waals surface area contributed by atoms with Crippen molar-refractivity contribution in [1.82, 2.24) is 10.3 Å². The van der Waals surface area contributed by atoms with Crippen LogP contribution in [0.25, 0.3) is 0 Å². The SMILES string of the molecule is O=C(NCC(F)(F)F)c1ccc(Oc2ccc([N+](=O)[O-])cn2)cc1. The van der Waals surface area contributed by atoms with Gasteiger partial charge in [0.15, 0.2) is 0 Å². The van der Waals surface area contributed by atoms with Crippen molar-refractivity contribution in [1.29, 1.82) is 0 Å². The van der Waals surface area contributed by atoms with Crippen molar-refractivity contribution in [2.24, 2.45) is 0 Å². The first kappa shape index (κ1) is 17.2. The number of ether oxygens (including phenoxy) is 1. The molecule has 1 aromatic carbocycles. The number of pyridine rings is 1. The Labute approximate surface area is 133 Å². The summed E-state index contributed by atoms with van der Waals surface area (Å²) in [5.41, 5.74) is -0.165. The Balaban J connectivity index is 1.99. The van der Waals surface area contributed by atoms with Crippen molar-refractivity contribution in [2.75, 3.05) is 6.54 Å². The predicted molar refractivity (Wildman–Crippen MR) is 75.8 cm³/mol. The van der Waals surface area contributed by atoms with Crippen LogP contribution in [0.2, 0.25) is 0 Å². The van der Waals surface area contributed by atoms with E-state index in [1.54, 1.807) is 5.32 Å². The minimum atomic E-state index is -4.49. The first-order chi connectivity index (χ1) is 11.2. The second-order valence-electron chi connectivity index (χ2n) is 4.54. The molecule has 7 nitrogen and oxygen atoms in total. The molecule has 24 heavy (non-hydrogen) atoms. The minimum Gasteiger partial charge on any atom is -0.439 e. The standard InChI is InChI=1S/C14H10F3N3O4/c15-14(16,17)8-19-13(21)9-1-4-11(5-2-9)24-12-6-3-10(7-18-12)20(22)23/h1-7H,8H2,(H,19,21). The zero-order valence-corrected chi connectivity index (χ0v) is 11.9. The number of nitrogens with one attached hydrogen (secondary N) is 1. The fraction of sp³-hybridized carbons (Fsp3) is 0.143. The van der Waals surface area contributed by atoms with Crippen LogP contribution in [0.4, 0.5) is 18.9 Å². The number of amides is 1. The van der Waals surface area contributed by atoms with Crippen LogP contribution in [0.5, 0.6) is 11.6 Å². The molecule has 10 heteroatoms. The van der Waals surface area contributed by atoms with Gasteiger partial charge in [-0.05, 0) is 24.3 Å². The summed E-state index contributed by atoms with van der Waals surface area (Å²) in [6.07, 6.45) is -3.46. The van der Waals surface area contributed by atoms with E-state index in [-0.39, 0.29) is 22.9 Å². The summed E-state index contributed by atoms with van der Waals surface area (Å²) in [5.74, 6) is -0.508. The molecule has 0 bridgehead atoms. The fourth-order valence-electron chi connectivity index (χ4n) is 1.62. The van der Waals surface area contributed by atoms with E-state index in [4.69, 9.17) is 4.74 Å². The van der Waals surface area contributed by atoms with Crippen molar-refractivity contribution in [3.63, 3.8) is 0 Å². The molecule has 0 saturated heterocycles. The lowest BCUT2D eigenvalue weighted by atomic mass is 10.2. The van der Waals surface area contributed by atoms with E-state index in [9.17, 15) is 28.1 Å². The van der Waals surface area contributed by atoms with Crippen LogP contribution in [-0.4, -0.2) is 28.5 Å². The van der Waals surface area contributed by atoms with Gasteiger partial charge in [0.05, 0.1) is 4.92 Å². The first-order valence-electron chi connectivity index (χ1n) is 6.48. The Hall–Kier alpha value is -3.17. The number of benzene rings is 1. The summed E-state index contributed by atoms with van der Waals surface area (Å²) < 4.78 is 41.4. The van der Waals surface area contributed by atoms with E-state index >= 15 is 0 Å². The van der Waals surface area contributed by atoms with Crippen LogP contribution in [0.15, 0.2) is 42.6 Å². The fourth-order valence-corrected chi connectivity index (χ4v) is 1.62. The van der Waals surface area contributed by atoms with Crippen LogP contribution < -0.4 is 10.1 Å². The molecule has 0 fully saturated rings. The van der Waals surface area contributed by atoms with E-state index in [1.165, 1.54) is 36.4 Å². The number of carbonyl (C=O) groups is 1. The molecular formula is C14H10F3N3O4. The molecule has 0 aliphatic carbocycles. The van der Waals surface area contributed by atoms with Gasteiger partial charge < -0.3 is 10.1 Å². The maximum Gasteiger partial charge on any atom is 0.405 e. The van der Waals surface area contributed by atoms with Gasteiger partial charge in [-0.2, -0.15) is 13.2 Å². The highest BCUT2D eigenvalue weighted by molar-refractivity contribution is 5.94. The number of hydrogen-bond donors (Lipinski definition) is 1. The molecule has 0 spiro atoms. The lowest BCUT2D eigenvalue weighted by Gasteiger charge is -2.09. The molecule has 0 radical (unpaired) electrons. The Morgan fingerprint density at radius 3 is 2.38 bits per heavy atom. The van der Waals surface area contributed by atoms with Crippen LogP contribution in [-0.2, 0) is 0 Å². The van der Waals surface area contributed by atoms with Gasteiger partial charge in [-0.3, -0.25) is 14.9 Å². The maximum absolute atomic E-state index is 12.0. The lowest BCUT2D eigenvalue weighted by Crippen LogP contribution is -2.33. The Morgan fingerprint density at radius 2 is 1.88 bits per heavy atom. The third-order valence-electron chi connectivity index (χ3n) is 2.72. The minimum absolute atomic E-state index is 0.0308. The van der Waals surface area contributed by atoms with Crippen molar-refractivity contribution in [2.45, 2.75) is 6.18 Å². The normalized spacial score (nSPS) is 11.0. The van der Waals surface area contributed by atoms with E-state index in [2.05, 4.69) is 4.98 Å². The largest absolute Gasteiger partial charge is 0.439 e. The van der Waals surface area contributed by atoms with Crippen LogP contribution in [0.1, 0.15) is 10.4 Å². The van der Waals surface area contributed by atoms with E-state index in [0.717, 1.165) is 6.20 Å². The van der Waals surface area contributed by atoms with Gasteiger partial charge in [0.1, 0.15) is 18.5 Å². The molecular weight excluding hydrogens is 331 g/mol. The average Bonchev–Trinajstić information content (AvgIpc) is 2.53. The third kappa shape index (κ3) is 4.93. The second-order valence-corrected chi connectivity index (χ2v) is 4.54. The van der Waals surface area contributed by atoms with E-state index in [1.807, 2.05) is 0 Å². The zero-order chi connectivity index (χ0) is 17.7. The third-order valence-corrected chi connectivity index (χ3v) is 2.72. The number of halogens is 3. The van der Waals surface area contributed by atoms with Crippen LogP contribution in [0.3, 0.4) is 0 Å². The highest BCUT2D eigenvalue weighted by atomic mass is 19.4. The van der Waals surface area contributed by atoms with Crippen molar-refractivity contribution >= 4 is 11.6 Å². The maximum atomic E-state index is 12.0. The number of hydrogen-bond acceptors (Lipinski definition) is 5. The lowest BCUT2D eigenvalue weighted by molar-refractivity contribution is -0.385. The highest BCUT2D eigenvalue weighted by Gasteiger charge is 2.27.